The van der Waals surface area contributed by atoms with Crippen molar-refractivity contribution in [2.24, 2.45) is 0 Å². The fourth-order valence-corrected chi connectivity index (χ4v) is 5.66. The molecule has 2 aliphatic heterocycles. The van der Waals surface area contributed by atoms with Gasteiger partial charge in [-0.05, 0) is 49.6 Å². The third-order valence-electron chi connectivity index (χ3n) is 8.27. The molecule has 45 heavy (non-hydrogen) atoms. The van der Waals surface area contributed by atoms with Crippen LogP contribution in [0.4, 0.5) is 17.6 Å². The van der Waals surface area contributed by atoms with Gasteiger partial charge in [-0.1, -0.05) is 6.07 Å². The average molecular weight is 627 g/mol. The van der Waals surface area contributed by atoms with Gasteiger partial charge in [-0.2, -0.15) is 18.4 Å². The number of nitriles is 1. The molecule has 0 bridgehead atoms. The SMILES string of the molecule is COC(=O)c1ccc2nc(CN3CCC(n4cc(C(F)(F)F)c(OCc5ccc(C#N)cc5F)n4)CC3)n(CC3CCO3)c2c1. The van der Waals surface area contributed by atoms with E-state index in [-0.39, 0.29) is 23.3 Å². The number of rotatable bonds is 9. The van der Waals surface area contributed by atoms with Crippen LogP contribution in [-0.4, -0.2) is 63.1 Å². The van der Waals surface area contributed by atoms with Crippen molar-refractivity contribution in [3.63, 3.8) is 0 Å². The zero-order valence-corrected chi connectivity index (χ0v) is 24.4. The summed E-state index contributed by atoms with van der Waals surface area (Å²) in [5, 5.41) is 13.0. The van der Waals surface area contributed by atoms with Crippen molar-refractivity contribution in [1.82, 2.24) is 24.2 Å². The molecular weight excluding hydrogens is 596 g/mol. The molecule has 236 valence electrons. The van der Waals surface area contributed by atoms with E-state index in [4.69, 9.17) is 24.5 Å². The Morgan fingerprint density at radius 3 is 2.58 bits per heavy atom. The lowest BCUT2D eigenvalue weighted by Gasteiger charge is -2.32. The molecule has 4 aromatic rings. The molecule has 2 aromatic carbocycles. The van der Waals surface area contributed by atoms with E-state index in [0.29, 0.717) is 51.2 Å². The molecule has 1 unspecified atom stereocenters. The normalized spacial score (nSPS) is 17.6. The molecule has 2 aromatic heterocycles. The Bertz CT molecular complexity index is 1750. The summed E-state index contributed by atoms with van der Waals surface area (Å²) in [4.78, 5) is 19.2. The Hall–Kier alpha value is -4.48. The van der Waals surface area contributed by atoms with Crippen molar-refractivity contribution >= 4 is 17.0 Å². The number of aromatic nitrogens is 4. The molecule has 0 aliphatic carbocycles. The molecule has 6 rings (SSSR count). The third kappa shape index (κ3) is 6.50. The number of esters is 1. The number of hydrogen-bond donors (Lipinski definition) is 0. The number of piperidine rings is 1. The summed E-state index contributed by atoms with van der Waals surface area (Å²) in [7, 11) is 1.33. The van der Waals surface area contributed by atoms with Crippen LogP contribution in [-0.2, 0) is 35.3 Å². The van der Waals surface area contributed by atoms with Crippen LogP contribution in [0.15, 0.2) is 42.6 Å². The summed E-state index contributed by atoms with van der Waals surface area (Å²) < 4.78 is 75.2. The van der Waals surface area contributed by atoms with Gasteiger partial charge < -0.3 is 18.8 Å². The number of nitrogens with zero attached hydrogens (tertiary/aromatic N) is 6. The Labute approximate surface area is 255 Å². The summed E-state index contributed by atoms with van der Waals surface area (Å²) in [6.07, 6.45) is -1.70. The van der Waals surface area contributed by atoms with E-state index in [9.17, 15) is 22.4 Å². The van der Waals surface area contributed by atoms with E-state index < -0.39 is 36.0 Å². The summed E-state index contributed by atoms with van der Waals surface area (Å²) in [6, 6.07) is 10.4. The molecule has 2 aliphatic rings. The van der Waals surface area contributed by atoms with E-state index >= 15 is 0 Å². The van der Waals surface area contributed by atoms with Gasteiger partial charge in [-0.15, -0.1) is 5.10 Å². The maximum atomic E-state index is 14.3. The highest BCUT2D eigenvalue weighted by molar-refractivity contribution is 5.93. The minimum Gasteiger partial charge on any atom is -0.471 e. The molecule has 0 saturated carbocycles. The van der Waals surface area contributed by atoms with Crippen molar-refractivity contribution in [2.75, 3.05) is 26.8 Å². The van der Waals surface area contributed by atoms with Gasteiger partial charge in [0.2, 0.25) is 5.88 Å². The van der Waals surface area contributed by atoms with E-state index in [1.807, 2.05) is 6.07 Å². The quantitative estimate of drug-likeness (QED) is 0.183. The summed E-state index contributed by atoms with van der Waals surface area (Å²) in [5.74, 6) is -0.986. The van der Waals surface area contributed by atoms with Crippen LogP contribution in [0, 0.1) is 17.1 Å². The van der Waals surface area contributed by atoms with Gasteiger partial charge in [0.15, 0.2) is 0 Å². The van der Waals surface area contributed by atoms with Crippen LogP contribution < -0.4 is 4.74 Å². The third-order valence-corrected chi connectivity index (χ3v) is 8.27. The number of carbonyl (C=O) groups is 1. The topological polar surface area (TPSA) is 107 Å². The molecule has 10 nitrogen and oxygen atoms in total. The van der Waals surface area contributed by atoms with Crippen LogP contribution in [0.25, 0.3) is 11.0 Å². The zero-order valence-electron chi connectivity index (χ0n) is 24.4. The van der Waals surface area contributed by atoms with Gasteiger partial charge in [0.25, 0.3) is 0 Å². The van der Waals surface area contributed by atoms with E-state index in [1.165, 1.54) is 23.9 Å². The number of methoxy groups -OCH3 is 1. The number of fused-ring (bicyclic) bond motifs is 1. The number of carbonyl (C=O) groups excluding carboxylic acids is 1. The monoisotopic (exact) mass is 626 g/mol. The molecule has 0 N–H and O–H groups in total. The second kappa shape index (κ2) is 12.5. The van der Waals surface area contributed by atoms with E-state index in [2.05, 4.69) is 14.6 Å². The van der Waals surface area contributed by atoms with E-state index in [0.717, 1.165) is 35.5 Å². The van der Waals surface area contributed by atoms with Gasteiger partial charge in [0.1, 0.15) is 23.8 Å². The zero-order chi connectivity index (χ0) is 31.7. The predicted molar refractivity (Wildman–Crippen MR) is 152 cm³/mol. The maximum Gasteiger partial charge on any atom is 0.423 e. The van der Waals surface area contributed by atoms with E-state index in [1.54, 1.807) is 18.2 Å². The maximum absolute atomic E-state index is 14.3. The fraction of sp³-hybridized carbons (Fsp3) is 0.419. The second-order valence-corrected chi connectivity index (χ2v) is 11.2. The number of halogens is 4. The highest BCUT2D eigenvalue weighted by Crippen LogP contribution is 2.38. The number of likely N-dealkylation sites (tertiary alicyclic amines) is 1. The van der Waals surface area contributed by atoms with Crippen molar-refractivity contribution in [3.8, 4) is 11.9 Å². The van der Waals surface area contributed by atoms with Crippen LogP contribution in [0.1, 0.15) is 58.2 Å². The largest absolute Gasteiger partial charge is 0.471 e. The van der Waals surface area contributed by atoms with Crippen molar-refractivity contribution < 1.29 is 36.6 Å². The number of ether oxygens (including phenoxy) is 3. The number of hydrogen-bond acceptors (Lipinski definition) is 8. The minimum absolute atomic E-state index is 0.0152. The number of imidazole rings is 1. The standard InChI is InChI=1S/C31H30F4N6O4/c1-43-30(42)20-4-5-26-27(13-20)40(15-23-8-11-44-23)28(37-26)17-39-9-6-22(7-10-39)41-16-24(31(33,34)35)29(38-41)45-18-21-3-2-19(14-36)12-25(21)32/h2-5,12-13,16,22-23H,6-11,15,17-18H2,1H3. The Morgan fingerprint density at radius 2 is 1.93 bits per heavy atom. The Morgan fingerprint density at radius 1 is 1.16 bits per heavy atom. The molecule has 14 heteroatoms. The lowest BCUT2D eigenvalue weighted by Crippen LogP contribution is -2.36. The minimum atomic E-state index is -4.71. The van der Waals surface area contributed by atoms with Gasteiger partial charge >= 0.3 is 12.1 Å². The molecular formula is C31H30F4N6O4. The van der Waals surface area contributed by atoms with Gasteiger partial charge in [0.05, 0.1) is 60.6 Å². The van der Waals surface area contributed by atoms with Gasteiger partial charge in [0, 0.05) is 31.5 Å². The summed E-state index contributed by atoms with van der Waals surface area (Å²) >= 11 is 0. The van der Waals surface area contributed by atoms with Crippen molar-refractivity contribution in [2.45, 2.75) is 57.3 Å². The molecule has 0 spiro atoms. The van der Waals surface area contributed by atoms with Crippen LogP contribution >= 0.6 is 0 Å². The first kappa shape index (κ1) is 30.5. The molecule has 2 saturated heterocycles. The van der Waals surface area contributed by atoms with Gasteiger partial charge in [-0.3, -0.25) is 9.58 Å². The lowest BCUT2D eigenvalue weighted by molar-refractivity contribution is -0.139. The first-order valence-electron chi connectivity index (χ1n) is 14.5. The summed E-state index contributed by atoms with van der Waals surface area (Å²) in [6.45, 7) is 2.53. The first-order valence-corrected chi connectivity index (χ1v) is 14.5. The molecule has 4 heterocycles. The number of benzene rings is 2. The van der Waals surface area contributed by atoms with Crippen LogP contribution in [0.5, 0.6) is 5.88 Å². The van der Waals surface area contributed by atoms with Crippen molar-refractivity contribution in [3.05, 3.63) is 76.5 Å². The predicted octanol–water partition coefficient (Wildman–Crippen LogP) is 5.25. The molecule has 0 radical (unpaired) electrons. The highest BCUT2D eigenvalue weighted by Gasteiger charge is 2.38. The van der Waals surface area contributed by atoms with Crippen molar-refractivity contribution in [1.29, 1.82) is 5.26 Å². The smallest absolute Gasteiger partial charge is 0.423 e. The Kier molecular flexibility index (Phi) is 8.48. The second-order valence-electron chi connectivity index (χ2n) is 11.2. The molecule has 1 atom stereocenters. The summed E-state index contributed by atoms with van der Waals surface area (Å²) in [5.41, 5.74) is 1.06. The average Bonchev–Trinajstić information content (AvgIpc) is 3.59. The first-order chi connectivity index (χ1) is 21.6. The molecule has 0 amide bonds. The molecule has 2 fully saturated rings. The van der Waals surface area contributed by atoms with Gasteiger partial charge in [-0.25, -0.2) is 14.2 Å². The Balaban J connectivity index is 1.15. The lowest BCUT2D eigenvalue weighted by atomic mass is 10.1. The highest BCUT2D eigenvalue weighted by atomic mass is 19.4. The fourth-order valence-electron chi connectivity index (χ4n) is 5.66. The number of alkyl halides is 3. The van der Waals surface area contributed by atoms with Crippen LogP contribution in [0.2, 0.25) is 0 Å². The van der Waals surface area contributed by atoms with Crippen LogP contribution in [0.3, 0.4) is 0 Å².